The van der Waals surface area contributed by atoms with Crippen molar-refractivity contribution in [2.45, 2.75) is 39.3 Å². The van der Waals surface area contributed by atoms with E-state index < -0.39 is 0 Å². The Morgan fingerprint density at radius 1 is 0.933 bits per heavy atom. The van der Waals surface area contributed by atoms with Crippen LogP contribution in [0.5, 0.6) is 23.0 Å². The van der Waals surface area contributed by atoms with Crippen LogP contribution in [0.2, 0.25) is 0 Å². The lowest BCUT2D eigenvalue weighted by atomic mass is 9.81. The van der Waals surface area contributed by atoms with E-state index >= 15 is 0 Å². The standard InChI is InChI=1S/C25H29NO4/c1-13-10-18(27)24-16(8-7-9-19(24)28-4)22(13)25-17-11-14(2)26-15(3)23(17)20(29-5)12-21(25)30-6/h7-10,12,14-15,26-27H,11H2,1-6H3. The van der Waals surface area contributed by atoms with Crippen LogP contribution >= 0.6 is 0 Å². The lowest BCUT2D eigenvalue weighted by Gasteiger charge is -2.33. The Hall–Kier alpha value is -2.92. The minimum absolute atomic E-state index is 0.154. The van der Waals surface area contributed by atoms with Gasteiger partial charge in [0.15, 0.2) is 0 Å². The van der Waals surface area contributed by atoms with E-state index in [1.54, 1.807) is 21.3 Å². The number of hydrogen-bond acceptors (Lipinski definition) is 5. The van der Waals surface area contributed by atoms with Crippen LogP contribution in [0.3, 0.4) is 0 Å². The molecular weight excluding hydrogens is 378 g/mol. The van der Waals surface area contributed by atoms with Crippen LogP contribution in [-0.2, 0) is 6.42 Å². The summed E-state index contributed by atoms with van der Waals surface area (Å²) < 4.78 is 17.2. The topological polar surface area (TPSA) is 60.0 Å². The van der Waals surface area contributed by atoms with Crippen LogP contribution in [0.1, 0.15) is 36.6 Å². The molecule has 30 heavy (non-hydrogen) atoms. The molecule has 4 rings (SSSR count). The Balaban J connectivity index is 2.17. The summed E-state index contributed by atoms with van der Waals surface area (Å²) in [7, 11) is 5.02. The second kappa shape index (κ2) is 7.73. The molecule has 1 heterocycles. The van der Waals surface area contributed by atoms with Crippen molar-refractivity contribution < 1.29 is 19.3 Å². The number of ether oxygens (including phenoxy) is 3. The molecule has 2 N–H and O–H groups in total. The molecule has 0 spiro atoms. The molecule has 0 saturated heterocycles. The number of aromatic hydroxyl groups is 1. The summed E-state index contributed by atoms with van der Waals surface area (Å²) in [6.45, 7) is 6.38. The largest absolute Gasteiger partial charge is 0.507 e. The maximum Gasteiger partial charge on any atom is 0.130 e. The fraction of sp³-hybridized carbons (Fsp3) is 0.360. The molecule has 0 amide bonds. The van der Waals surface area contributed by atoms with Gasteiger partial charge >= 0.3 is 0 Å². The van der Waals surface area contributed by atoms with Crippen molar-refractivity contribution in [3.63, 3.8) is 0 Å². The fourth-order valence-electron chi connectivity index (χ4n) is 4.93. The molecule has 0 radical (unpaired) electrons. The van der Waals surface area contributed by atoms with E-state index in [2.05, 4.69) is 19.2 Å². The van der Waals surface area contributed by atoms with Crippen molar-refractivity contribution in [2.75, 3.05) is 21.3 Å². The molecular formula is C25H29NO4. The lowest BCUT2D eigenvalue weighted by molar-refractivity contribution is 0.371. The minimum atomic E-state index is 0.154. The number of methoxy groups -OCH3 is 3. The third-order valence-corrected chi connectivity index (χ3v) is 6.09. The van der Waals surface area contributed by atoms with Crippen LogP contribution < -0.4 is 19.5 Å². The highest BCUT2D eigenvalue weighted by atomic mass is 16.5. The quantitative estimate of drug-likeness (QED) is 0.627. The molecule has 2 atom stereocenters. The predicted octanol–water partition coefficient (Wildman–Crippen LogP) is 5.14. The van der Waals surface area contributed by atoms with Gasteiger partial charge in [-0.15, -0.1) is 0 Å². The van der Waals surface area contributed by atoms with Crippen molar-refractivity contribution in [3.05, 3.63) is 47.0 Å². The number of hydrogen-bond donors (Lipinski definition) is 2. The van der Waals surface area contributed by atoms with Gasteiger partial charge in [-0.2, -0.15) is 0 Å². The van der Waals surface area contributed by atoms with Gasteiger partial charge in [0.05, 0.1) is 26.7 Å². The average molecular weight is 408 g/mol. The van der Waals surface area contributed by atoms with Crippen molar-refractivity contribution in [2.24, 2.45) is 0 Å². The molecule has 3 aromatic rings. The summed E-state index contributed by atoms with van der Waals surface area (Å²) in [4.78, 5) is 0. The van der Waals surface area contributed by atoms with Crippen LogP contribution in [0, 0.1) is 6.92 Å². The number of aryl methyl sites for hydroxylation is 1. The Morgan fingerprint density at radius 3 is 2.30 bits per heavy atom. The molecule has 3 aromatic carbocycles. The number of benzene rings is 3. The second-order valence-electron chi connectivity index (χ2n) is 8.01. The maximum atomic E-state index is 10.7. The van der Waals surface area contributed by atoms with Gasteiger partial charge in [-0.25, -0.2) is 0 Å². The molecule has 1 aliphatic heterocycles. The lowest BCUT2D eigenvalue weighted by Crippen LogP contribution is -2.36. The first kappa shape index (κ1) is 20.4. The van der Waals surface area contributed by atoms with Crippen molar-refractivity contribution in [3.8, 4) is 34.1 Å². The maximum absolute atomic E-state index is 10.7. The van der Waals surface area contributed by atoms with Crippen LogP contribution in [0.15, 0.2) is 30.3 Å². The van der Waals surface area contributed by atoms with E-state index in [4.69, 9.17) is 14.2 Å². The van der Waals surface area contributed by atoms with Crippen molar-refractivity contribution >= 4 is 10.8 Å². The summed E-state index contributed by atoms with van der Waals surface area (Å²) in [5, 5.41) is 16.0. The molecule has 0 saturated carbocycles. The molecule has 2 unspecified atom stereocenters. The van der Waals surface area contributed by atoms with Gasteiger partial charge in [-0.3, -0.25) is 0 Å². The van der Waals surface area contributed by atoms with Gasteiger partial charge in [-0.05, 0) is 61.4 Å². The average Bonchev–Trinajstić information content (AvgIpc) is 2.72. The summed E-state index contributed by atoms with van der Waals surface area (Å²) in [6.07, 6.45) is 0.856. The summed E-state index contributed by atoms with van der Waals surface area (Å²) in [6, 6.07) is 10.1. The van der Waals surface area contributed by atoms with E-state index in [0.717, 1.165) is 45.6 Å². The monoisotopic (exact) mass is 407 g/mol. The first-order valence-electron chi connectivity index (χ1n) is 10.2. The molecule has 5 heteroatoms. The zero-order valence-corrected chi connectivity index (χ0v) is 18.4. The number of phenolic OH excluding ortho intramolecular Hbond substituents is 1. The second-order valence-corrected chi connectivity index (χ2v) is 8.01. The first-order chi connectivity index (χ1) is 14.4. The molecule has 0 aromatic heterocycles. The van der Waals surface area contributed by atoms with Crippen LogP contribution in [0.4, 0.5) is 0 Å². The van der Waals surface area contributed by atoms with Crippen LogP contribution in [-0.4, -0.2) is 32.5 Å². The third-order valence-electron chi connectivity index (χ3n) is 6.09. The molecule has 0 fully saturated rings. The van der Waals surface area contributed by atoms with Gasteiger partial charge in [0.1, 0.15) is 23.0 Å². The molecule has 5 nitrogen and oxygen atoms in total. The number of rotatable bonds is 4. The highest BCUT2D eigenvalue weighted by Gasteiger charge is 2.31. The summed E-state index contributed by atoms with van der Waals surface area (Å²) >= 11 is 0. The highest BCUT2D eigenvalue weighted by molar-refractivity contribution is 6.06. The minimum Gasteiger partial charge on any atom is -0.507 e. The smallest absolute Gasteiger partial charge is 0.130 e. The van der Waals surface area contributed by atoms with E-state index in [0.29, 0.717) is 17.2 Å². The molecule has 0 aliphatic carbocycles. The normalized spacial score (nSPS) is 18.2. The van der Waals surface area contributed by atoms with Gasteiger partial charge in [-0.1, -0.05) is 12.1 Å². The van der Waals surface area contributed by atoms with Gasteiger partial charge in [0, 0.05) is 29.3 Å². The number of phenols is 1. The van der Waals surface area contributed by atoms with E-state index in [9.17, 15) is 5.11 Å². The van der Waals surface area contributed by atoms with E-state index in [1.165, 1.54) is 5.56 Å². The Bertz CT molecular complexity index is 1120. The van der Waals surface area contributed by atoms with Gasteiger partial charge in [0.2, 0.25) is 0 Å². The van der Waals surface area contributed by atoms with Gasteiger partial charge in [0.25, 0.3) is 0 Å². The predicted molar refractivity (Wildman–Crippen MR) is 120 cm³/mol. The first-order valence-corrected chi connectivity index (χ1v) is 10.2. The van der Waals surface area contributed by atoms with Crippen molar-refractivity contribution in [1.82, 2.24) is 5.32 Å². The Morgan fingerprint density at radius 2 is 1.63 bits per heavy atom. The molecule has 158 valence electrons. The SMILES string of the molecule is COc1cc(OC)c2c(c1-c1c(C)cc(O)c3c(OC)cccc13)CC(C)NC2C. The number of fused-ring (bicyclic) bond motifs is 2. The van der Waals surface area contributed by atoms with Gasteiger partial charge < -0.3 is 24.6 Å². The summed E-state index contributed by atoms with van der Waals surface area (Å²) in [5.74, 6) is 2.46. The summed E-state index contributed by atoms with van der Waals surface area (Å²) in [5.41, 5.74) is 5.48. The Labute approximate surface area is 177 Å². The fourth-order valence-corrected chi connectivity index (χ4v) is 4.93. The number of nitrogens with one attached hydrogen (secondary N) is 1. The zero-order valence-electron chi connectivity index (χ0n) is 18.4. The van der Waals surface area contributed by atoms with E-state index in [-0.39, 0.29) is 11.8 Å². The zero-order chi connectivity index (χ0) is 21.6. The third kappa shape index (κ3) is 3.05. The van der Waals surface area contributed by atoms with Crippen molar-refractivity contribution in [1.29, 1.82) is 0 Å². The molecule has 1 aliphatic rings. The van der Waals surface area contributed by atoms with E-state index in [1.807, 2.05) is 37.3 Å². The molecule has 0 bridgehead atoms. The highest BCUT2D eigenvalue weighted by Crippen LogP contribution is 2.49. The Kier molecular flexibility index (Phi) is 5.24. The van der Waals surface area contributed by atoms with Crippen LogP contribution in [0.25, 0.3) is 21.9 Å².